The summed E-state index contributed by atoms with van der Waals surface area (Å²) in [5.74, 6) is 0. The molecule has 1 heterocycles. The van der Waals surface area contributed by atoms with E-state index in [1.807, 2.05) is 0 Å². The van der Waals surface area contributed by atoms with Gasteiger partial charge in [-0.25, -0.2) is 0 Å². The van der Waals surface area contributed by atoms with Gasteiger partial charge >= 0.3 is 0 Å². The molecule has 1 unspecified atom stereocenters. The molecule has 2 N–H and O–H groups in total. The molecular formula is C14H29N3. The van der Waals surface area contributed by atoms with Crippen LogP contribution in [-0.4, -0.2) is 54.1 Å². The Labute approximate surface area is 106 Å². The highest BCUT2D eigenvalue weighted by atomic mass is 15.3. The highest BCUT2D eigenvalue weighted by Gasteiger charge is 2.27. The Hall–Kier alpha value is -0.120. The molecule has 100 valence electrons. The molecular weight excluding hydrogens is 210 g/mol. The third-order valence-electron chi connectivity index (χ3n) is 4.82. The zero-order valence-electron chi connectivity index (χ0n) is 11.6. The summed E-state index contributed by atoms with van der Waals surface area (Å²) >= 11 is 0. The van der Waals surface area contributed by atoms with E-state index in [0.717, 1.165) is 12.1 Å². The van der Waals surface area contributed by atoms with Crippen LogP contribution in [-0.2, 0) is 0 Å². The largest absolute Gasteiger partial charge is 0.328 e. The summed E-state index contributed by atoms with van der Waals surface area (Å²) < 4.78 is 0. The standard InChI is InChI=1S/C14H29N3/c1-3-12(2)16-8-10-17(11-9-16)14-6-4-13(15)5-7-14/h12-14H,3-11,15H2,1-2H3. The molecule has 2 fully saturated rings. The molecule has 1 aliphatic heterocycles. The van der Waals surface area contributed by atoms with Gasteiger partial charge in [0.05, 0.1) is 0 Å². The van der Waals surface area contributed by atoms with Crippen molar-refractivity contribution in [1.29, 1.82) is 0 Å². The summed E-state index contributed by atoms with van der Waals surface area (Å²) in [6, 6.07) is 2.07. The molecule has 3 nitrogen and oxygen atoms in total. The maximum Gasteiger partial charge on any atom is 0.0113 e. The van der Waals surface area contributed by atoms with Gasteiger partial charge in [-0.15, -0.1) is 0 Å². The summed E-state index contributed by atoms with van der Waals surface area (Å²) in [4.78, 5) is 5.36. The van der Waals surface area contributed by atoms with E-state index in [1.54, 1.807) is 0 Å². The van der Waals surface area contributed by atoms with E-state index in [0.29, 0.717) is 6.04 Å². The number of nitrogens with two attached hydrogens (primary N) is 1. The van der Waals surface area contributed by atoms with Gasteiger partial charge in [0.2, 0.25) is 0 Å². The molecule has 0 aromatic rings. The summed E-state index contributed by atoms with van der Waals surface area (Å²) in [6.45, 7) is 9.71. The Morgan fingerprint density at radius 3 is 2.18 bits per heavy atom. The zero-order valence-corrected chi connectivity index (χ0v) is 11.6. The van der Waals surface area contributed by atoms with Gasteiger partial charge < -0.3 is 5.73 Å². The Balaban J connectivity index is 1.75. The molecule has 2 aliphatic rings. The van der Waals surface area contributed by atoms with Gasteiger partial charge in [0.25, 0.3) is 0 Å². The van der Waals surface area contributed by atoms with Crippen LogP contribution in [0.5, 0.6) is 0 Å². The van der Waals surface area contributed by atoms with E-state index in [9.17, 15) is 0 Å². The van der Waals surface area contributed by atoms with Crippen LogP contribution in [0.1, 0.15) is 46.0 Å². The maximum absolute atomic E-state index is 5.98. The molecule has 2 rings (SSSR count). The first-order chi connectivity index (χ1) is 8.20. The molecule has 0 aromatic carbocycles. The molecule has 1 aliphatic carbocycles. The third kappa shape index (κ3) is 3.43. The van der Waals surface area contributed by atoms with Crippen molar-refractivity contribution < 1.29 is 0 Å². The first kappa shape index (κ1) is 13.3. The van der Waals surface area contributed by atoms with Gasteiger partial charge in [-0.1, -0.05) is 6.92 Å². The molecule has 1 saturated heterocycles. The fourth-order valence-corrected chi connectivity index (χ4v) is 3.27. The average molecular weight is 239 g/mol. The lowest BCUT2D eigenvalue weighted by Gasteiger charge is -2.43. The predicted molar refractivity (Wildman–Crippen MR) is 73.1 cm³/mol. The third-order valence-corrected chi connectivity index (χ3v) is 4.82. The minimum atomic E-state index is 0.479. The highest BCUT2D eigenvalue weighted by molar-refractivity contribution is 4.85. The van der Waals surface area contributed by atoms with Crippen molar-refractivity contribution in [3.63, 3.8) is 0 Å². The lowest BCUT2D eigenvalue weighted by atomic mass is 9.90. The van der Waals surface area contributed by atoms with Gasteiger partial charge in [0, 0.05) is 44.3 Å². The van der Waals surface area contributed by atoms with Gasteiger partial charge in [-0.05, 0) is 39.0 Å². The van der Waals surface area contributed by atoms with Crippen LogP contribution in [0.3, 0.4) is 0 Å². The molecule has 0 aromatic heterocycles. The molecule has 17 heavy (non-hydrogen) atoms. The number of rotatable bonds is 3. The minimum absolute atomic E-state index is 0.479. The molecule has 0 spiro atoms. The molecule has 0 radical (unpaired) electrons. The minimum Gasteiger partial charge on any atom is -0.328 e. The van der Waals surface area contributed by atoms with Crippen molar-refractivity contribution in [2.75, 3.05) is 26.2 Å². The SMILES string of the molecule is CCC(C)N1CCN(C2CCC(N)CC2)CC1. The normalized spacial score (nSPS) is 34.8. The average Bonchev–Trinajstić information content (AvgIpc) is 2.39. The summed E-state index contributed by atoms with van der Waals surface area (Å²) in [7, 11) is 0. The summed E-state index contributed by atoms with van der Waals surface area (Å²) in [5, 5.41) is 0. The molecule has 0 amide bonds. The van der Waals surface area contributed by atoms with Crippen LogP contribution in [0.4, 0.5) is 0 Å². The van der Waals surface area contributed by atoms with E-state index in [2.05, 4.69) is 23.6 Å². The van der Waals surface area contributed by atoms with Crippen molar-refractivity contribution in [1.82, 2.24) is 9.80 Å². The van der Waals surface area contributed by atoms with Crippen LogP contribution in [0.25, 0.3) is 0 Å². The quantitative estimate of drug-likeness (QED) is 0.813. The van der Waals surface area contributed by atoms with Gasteiger partial charge in [-0.3, -0.25) is 9.80 Å². The Kier molecular flexibility index (Phi) is 4.83. The molecule has 0 bridgehead atoms. The number of piperazine rings is 1. The van der Waals surface area contributed by atoms with E-state index in [4.69, 9.17) is 5.73 Å². The first-order valence-electron chi connectivity index (χ1n) is 7.44. The van der Waals surface area contributed by atoms with Crippen molar-refractivity contribution in [3.05, 3.63) is 0 Å². The molecule has 1 saturated carbocycles. The highest BCUT2D eigenvalue weighted by Crippen LogP contribution is 2.23. The van der Waals surface area contributed by atoms with Crippen molar-refractivity contribution in [3.8, 4) is 0 Å². The fraction of sp³-hybridized carbons (Fsp3) is 1.00. The summed E-state index contributed by atoms with van der Waals surface area (Å²) in [5.41, 5.74) is 5.98. The van der Waals surface area contributed by atoms with Crippen molar-refractivity contribution in [2.24, 2.45) is 5.73 Å². The van der Waals surface area contributed by atoms with E-state index in [1.165, 1.54) is 58.3 Å². The van der Waals surface area contributed by atoms with Gasteiger partial charge in [0.1, 0.15) is 0 Å². The van der Waals surface area contributed by atoms with Crippen molar-refractivity contribution >= 4 is 0 Å². The second-order valence-electron chi connectivity index (χ2n) is 5.90. The lowest BCUT2D eigenvalue weighted by molar-refractivity contribution is 0.0577. The summed E-state index contributed by atoms with van der Waals surface area (Å²) in [6.07, 6.45) is 6.39. The van der Waals surface area contributed by atoms with Crippen LogP contribution in [0, 0.1) is 0 Å². The van der Waals surface area contributed by atoms with E-state index >= 15 is 0 Å². The topological polar surface area (TPSA) is 32.5 Å². The Morgan fingerprint density at radius 1 is 1.06 bits per heavy atom. The zero-order chi connectivity index (χ0) is 12.3. The van der Waals surface area contributed by atoms with Gasteiger partial charge in [0.15, 0.2) is 0 Å². The Bertz CT molecular complexity index is 216. The van der Waals surface area contributed by atoms with Crippen LogP contribution < -0.4 is 5.73 Å². The van der Waals surface area contributed by atoms with E-state index < -0.39 is 0 Å². The number of hydrogen-bond acceptors (Lipinski definition) is 3. The van der Waals surface area contributed by atoms with Crippen LogP contribution >= 0.6 is 0 Å². The second-order valence-corrected chi connectivity index (χ2v) is 5.90. The first-order valence-corrected chi connectivity index (χ1v) is 7.44. The number of hydrogen-bond donors (Lipinski definition) is 1. The molecule has 1 atom stereocenters. The van der Waals surface area contributed by atoms with Crippen molar-refractivity contribution in [2.45, 2.75) is 64.1 Å². The second kappa shape index (κ2) is 6.17. The smallest absolute Gasteiger partial charge is 0.0113 e. The lowest BCUT2D eigenvalue weighted by Crippen LogP contribution is -2.53. The molecule has 3 heteroatoms. The Morgan fingerprint density at radius 2 is 1.65 bits per heavy atom. The monoisotopic (exact) mass is 239 g/mol. The van der Waals surface area contributed by atoms with Crippen LogP contribution in [0.15, 0.2) is 0 Å². The van der Waals surface area contributed by atoms with Crippen LogP contribution in [0.2, 0.25) is 0 Å². The van der Waals surface area contributed by atoms with Gasteiger partial charge in [-0.2, -0.15) is 0 Å². The number of nitrogens with zero attached hydrogens (tertiary/aromatic N) is 2. The predicted octanol–water partition coefficient (Wildman–Crippen LogP) is 1.67. The van der Waals surface area contributed by atoms with E-state index in [-0.39, 0.29) is 0 Å². The fourth-order valence-electron chi connectivity index (χ4n) is 3.27. The maximum atomic E-state index is 5.98.